The molecule has 2 atom stereocenters. The molecule has 3 nitrogen and oxygen atoms in total. The first-order valence-corrected chi connectivity index (χ1v) is 7.29. The monoisotopic (exact) mass is 263 g/mol. The fourth-order valence-electron chi connectivity index (χ4n) is 2.64. The summed E-state index contributed by atoms with van der Waals surface area (Å²) in [5.74, 6) is 0.964. The smallest absolute Gasteiger partial charge is 0.122 e. The van der Waals surface area contributed by atoms with Crippen LogP contribution in [0.1, 0.15) is 36.8 Å². The molecule has 1 aromatic carbocycles. The molecule has 1 aliphatic carbocycles. The Morgan fingerprint density at radius 2 is 2.05 bits per heavy atom. The fourth-order valence-corrected chi connectivity index (χ4v) is 2.64. The molecule has 1 saturated carbocycles. The number of aliphatic hydroxyl groups excluding tert-OH is 1. The van der Waals surface area contributed by atoms with Crippen molar-refractivity contribution in [3.8, 4) is 5.75 Å². The van der Waals surface area contributed by atoms with Crippen molar-refractivity contribution in [1.82, 2.24) is 5.32 Å². The Kier molecular flexibility index (Phi) is 5.23. The summed E-state index contributed by atoms with van der Waals surface area (Å²) < 4.78 is 5.80. The van der Waals surface area contributed by atoms with Gasteiger partial charge in [-0.1, -0.05) is 25.0 Å². The quantitative estimate of drug-likeness (QED) is 0.802. The van der Waals surface area contributed by atoms with Crippen molar-refractivity contribution in [3.05, 3.63) is 29.3 Å². The van der Waals surface area contributed by atoms with Crippen molar-refractivity contribution in [3.63, 3.8) is 0 Å². The molecule has 1 aromatic rings. The zero-order valence-corrected chi connectivity index (χ0v) is 12.0. The van der Waals surface area contributed by atoms with Gasteiger partial charge in [0.2, 0.25) is 0 Å². The molecule has 19 heavy (non-hydrogen) atoms. The molecule has 0 aromatic heterocycles. The number of aryl methyl sites for hydroxylation is 1. The van der Waals surface area contributed by atoms with Gasteiger partial charge >= 0.3 is 0 Å². The highest BCUT2D eigenvalue weighted by atomic mass is 16.5. The van der Waals surface area contributed by atoms with Crippen molar-refractivity contribution in [2.45, 2.75) is 51.7 Å². The number of rotatable bonds is 5. The van der Waals surface area contributed by atoms with Gasteiger partial charge in [0.25, 0.3) is 0 Å². The maximum atomic E-state index is 9.86. The zero-order chi connectivity index (χ0) is 13.7. The van der Waals surface area contributed by atoms with Crippen LogP contribution in [0.15, 0.2) is 18.2 Å². The molecule has 0 amide bonds. The molecule has 0 radical (unpaired) electrons. The maximum Gasteiger partial charge on any atom is 0.122 e. The van der Waals surface area contributed by atoms with E-state index >= 15 is 0 Å². The van der Waals surface area contributed by atoms with Crippen LogP contribution in [0.5, 0.6) is 5.75 Å². The number of nitrogens with one attached hydrogen (secondary N) is 1. The highest BCUT2D eigenvalue weighted by Gasteiger charge is 2.21. The van der Waals surface area contributed by atoms with E-state index in [4.69, 9.17) is 4.74 Å². The average Bonchev–Trinajstić information content (AvgIpc) is 2.41. The van der Waals surface area contributed by atoms with Gasteiger partial charge in [0.05, 0.1) is 6.10 Å². The van der Waals surface area contributed by atoms with Crippen LogP contribution in [-0.4, -0.2) is 30.4 Å². The second-order valence-electron chi connectivity index (χ2n) is 5.46. The van der Waals surface area contributed by atoms with E-state index in [0.29, 0.717) is 6.61 Å². The number of hydrogen-bond donors (Lipinski definition) is 2. The van der Waals surface area contributed by atoms with Gasteiger partial charge in [-0.2, -0.15) is 0 Å². The van der Waals surface area contributed by atoms with Crippen LogP contribution in [0, 0.1) is 13.8 Å². The molecule has 0 unspecified atom stereocenters. The number of ether oxygens (including phenoxy) is 1. The minimum absolute atomic E-state index is 0.186. The zero-order valence-electron chi connectivity index (χ0n) is 12.0. The molecule has 3 heteroatoms. The average molecular weight is 263 g/mol. The molecular formula is C16H25NO2. The summed E-state index contributed by atoms with van der Waals surface area (Å²) in [6.45, 7) is 5.62. The first-order valence-electron chi connectivity index (χ1n) is 7.29. The minimum atomic E-state index is -0.186. The van der Waals surface area contributed by atoms with Crippen LogP contribution in [0.4, 0.5) is 0 Å². The van der Waals surface area contributed by atoms with E-state index in [1.54, 1.807) is 0 Å². The SMILES string of the molecule is Cc1cccc(OCCN[C@@H]2CCCC[C@H]2O)c1C. The van der Waals surface area contributed by atoms with E-state index in [2.05, 4.69) is 25.2 Å². The number of hydrogen-bond acceptors (Lipinski definition) is 3. The maximum absolute atomic E-state index is 9.86. The van der Waals surface area contributed by atoms with Gasteiger partial charge in [0.1, 0.15) is 12.4 Å². The predicted molar refractivity (Wildman–Crippen MR) is 77.7 cm³/mol. The van der Waals surface area contributed by atoms with Gasteiger partial charge < -0.3 is 15.2 Å². The normalized spacial score (nSPS) is 23.3. The van der Waals surface area contributed by atoms with Crippen LogP contribution in [0.2, 0.25) is 0 Å². The highest BCUT2D eigenvalue weighted by Crippen LogP contribution is 2.20. The van der Waals surface area contributed by atoms with Crippen molar-refractivity contribution >= 4 is 0 Å². The molecule has 0 heterocycles. The molecule has 0 aliphatic heterocycles. The van der Waals surface area contributed by atoms with Gasteiger partial charge in [-0.15, -0.1) is 0 Å². The Bertz CT molecular complexity index is 406. The lowest BCUT2D eigenvalue weighted by Crippen LogP contribution is -2.43. The Labute approximate surface area is 116 Å². The van der Waals surface area contributed by atoms with Crippen LogP contribution >= 0.6 is 0 Å². The van der Waals surface area contributed by atoms with E-state index in [1.165, 1.54) is 17.5 Å². The predicted octanol–water partition coefficient (Wildman–Crippen LogP) is 2.58. The Morgan fingerprint density at radius 1 is 1.26 bits per heavy atom. The van der Waals surface area contributed by atoms with Crippen molar-refractivity contribution in [2.24, 2.45) is 0 Å². The topological polar surface area (TPSA) is 41.5 Å². The van der Waals surface area contributed by atoms with Gasteiger partial charge in [-0.25, -0.2) is 0 Å². The van der Waals surface area contributed by atoms with Gasteiger partial charge in [-0.3, -0.25) is 0 Å². The third kappa shape index (κ3) is 3.95. The summed E-state index contributed by atoms with van der Waals surface area (Å²) in [6, 6.07) is 6.38. The summed E-state index contributed by atoms with van der Waals surface area (Å²) in [7, 11) is 0. The largest absolute Gasteiger partial charge is 0.492 e. The molecule has 2 N–H and O–H groups in total. The third-order valence-electron chi connectivity index (χ3n) is 4.05. The second kappa shape index (κ2) is 6.92. The van der Waals surface area contributed by atoms with Crippen LogP contribution in [0.25, 0.3) is 0 Å². The van der Waals surface area contributed by atoms with Crippen molar-refractivity contribution in [1.29, 1.82) is 0 Å². The van der Waals surface area contributed by atoms with Crippen LogP contribution in [0.3, 0.4) is 0 Å². The molecular weight excluding hydrogens is 238 g/mol. The minimum Gasteiger partial charge on any atom is -0.492 e. The molecule has 0 spiro atoms. The van der Waals surface area contributed by atoms with E-state index in [9.17, 15) is 5.11 Å². The first-order chi connectivity index (χ1) is 9.18. The third-order valence-corrected chi connectivity index (χ3v) is 4.05. The summed E-state index contributed by atoms with van der Waals surface area (Å²) in [4.78, 5) is 0. The Balaban J connectivity index is 1.73. The van der Waals surface area contributed by atoms with E-state index in [0.717, 1.165) is 31.6 Å². The van der Waals surface area contributed by atoms with E-state index in [1.807, 2.05) is 12.1 Å². The summed E-state index contributed by atoms with van der Waals surface area (Å²) in [5.41, 5.74) is 2.47. The second-order valence-corrected chi connectivity index (χ2v) is 5.46. The van der Waals surface area contributed by atoms with Gasteiger partial charge in [-0.05, 0) is 43.9 Å². The summed E-state index contributed by atoms with van der Waals surface area (Å²) in [5, 5.41) is 13.3. The molecule has 1 fully saturated rings. The van der Waals surface area contributed by atoms with Crippen molar-refractivity contribution in [2.75, 3.05) is 13.2 Å². The summed E-state index contributed by atoms with van der Waals surface area (Å²) in [6.07, 6.45) is 4.18. The Hall–Kier alpha value is -1.06. The standard InChI is InChI=1S/C16H25NO2/c1-12-6-5-9-16(13(12)2)19-11-10-17-14-7-3-4-8-15(14)18/h5-6,9,14-15,17-18H,3-4,7-8,10-11H2,1-2H3/t14-,15-/m1/s1. The Morgan fingerprint density at radius 3 is 2.84 bits per heavy atom. The molecule has 0 saturated heterocycles. The lowest BCUT2D eigenvalue weighted by molar-refractivity contribution is 0.0890. The first kappa shape index (κ1) is 14.4. The van der Waals surface area contributed by atoms with E-state index in [-0.39, 0.29) is 12.1 Å². The lowest BCUT2D eigenvalue weighted by atomic mass is 9.93. The highest BCUT2D eigenvalue weighted by molar-refractivity contribution is 5.38. The number of aliphatic hydroxyl groups is 1. The fraction of sp³-hybridized carbons (Fsp3) is 0.625. The molecule has 1 aliphatic rings. The van der Waals surface area contributed by atoms with Gasteiger partial charge in [0.15, 0.2) is 0 Å². The van der Waals surface area contributed by atoms with Gasteiger partial charge in [0, 0.05) is 12.6 Å². The number of benzene rings is 1. The molecule has 2 rings (SSSR count). The molecule has 106 valence electrons. The van der Waals surface area contributed by atoms with Crippen LogP contribution < -0.4 is 10.1 Å². The lowest BCUT2D eigenvalue weighted by Gasteiger charge is -2.28. The summed E-state index contributed by atoms with van der Waals surface area (Å²) >= 11 is 0. The van der Waals surface area contributed by atoms with Crippen molar-refractivity contribution < 1.29 is 9.84 Å². The molecule has 0 bridgehead atoms. The van der Waals surface area contributed by atoms with Crippen LogP contribution in [-0.2, 0) is 0 Å². The van der Waals surface area contributed by atoms with E-state index < -0.39 is 0 Å².